The lowest BCUT2D eigenvalue weighted by Crippen LogP contribution is -2.24. The maximum Gasteiger partial charge on any atom is 0.178 e. The minimum Gasteiger partial charge on any atom is -0.321 e. The van der Waals surface area contributed by atoms with Crippen LogP contribution in [0.25, 0.3) is 50.1 Å². The molecule has 2 radical (unpaired) electrons. The van der Waals surface area contributed by atoms with E-state index in [1.165, 1.54) is 107 Å². The maximum absolute atomic E-state index is 7.32. The van der Waals surface area contributed by atoms with E-state index in [0.717, 1.165) is 64.8 Å². The fourth-order valence-electron chi connectivity index (χ4n) is 11.7. The predicted octanol–water partition coefficient (Wildman–Crippen LogP) is 14.9. The van der Waals surface area contributed by atoms with Gasteiger partial charge in [-0.05, 0) is 204 Å². The highest BCUT2D eigenvalue weighted by Crippen LogP contribution is 2.48. The van der Waals surface area contributed by atoms with Crippen molar-refractivity contribution in [3.05, 3.63) is 224 Å². The van der Waals surface area contributed by atoms with Crippen LogP contribution in [0.4, 0.5) is 0 Å². The van der Waals surface area contributed by atoms with Crippen LogP contribution >= 0.6 is 0 Å². The molecule has 0 fully saturated rings. The Hall–Kier alpha value is -7.04. The molecule has 2 N–H and O–H groups in total. The van der Waals surface area contributed by atoms with Crippen LogP contribution in [-0.4, -0.2) is 19.4 Å². The summed E-state index contributed by atoms with van der Waals surface area (Å²) in [6, 6.07) is 43.3. The molecule has 0 saturated heterocycles. The molecule has 0 saturated carbocycles. The monoisotopic (exact) mass is 881 g/mol. The van der Waals surface area contributed by atoms with Crippen LogP contribution in [0.1, 0.15) is 110 Å². The lowest BCUT2D eigenvalue weighted by molar-refractivity contribution is 0.741. The van der Waals surface area contributed by atoms with Crippen LogP contribution in [0.2, 0.25) is 0 Å². The summed E-state index contributed by atoms with van der Waals surface area (Å²) in [6.45, 7) is 15.8. The van der Waals surface area contributed by atoms with Crippen molar-refractivity contribution in [1.29, 1.82) is 0 Å². The lowest BCUT2D eigenvalue weighted by Gasteiger charge is -2.24. The number of amidine groups is 1. The van der Waals surface area contributed by atoms with Crippen molar-refractivity contribution < 1.29 is 0 Å². The van der Waals surface area contributed by atoms with Crippen molar-refractivity contribution in [2.45, 2.75) is 92.9 Å². The first kappa shape index (κ1) is 44.8. The second-order valence-corrected chi connectivity index (χ2v) is 19.2. The van der Waals surface area contributed by atoms with Crippen LogP contribution in [-0.2, 0) is 6.42 Å². The molecule has 7 aromatic rings. The molecule has 1 unspecified atom stereocenters. The van der Waals surface area contributed by atoms with Gasteiger partial charge in [0.15, 0.2) is 5.84 Å². The summed E-state index contributed by atoms with van der Waals surface area (Å²) < 4.78 is 0. The third-order valence-corrected chi connectivity index (χ3v) is 15.5. The second kappa shape index (κ2) is 18.6. The van der Waals surface area contributed by atoms with Gasteiger partial charge >= 0.3 is 0 Å². The number of fused-ring (bicyclic) bond motifs is 3. The number of benzene rings is 7. The summed E-state index contributed by atoms with van der Waals surface area (Å²) in [6.07, 6.45) is 15.9. The van der Waals surface area contributed by atoms with Gasteiger partial charge in [-0.3, -0.25) is 0 Å². The Bertz CT molecular complexity index is 3290. The molecule has 3 nitrogen and oxygen atoms in total. The van der Waals surface area contributed by atoms with Crippen LogP contribution in [0, 0.1) is 48.5 Å². The van der Waals surface area contributed by atoms with Crippen LogP contribution in [0.3, 0.4) is 0 Å². The molecular formula is C64H60BN3. The lowest BCUT2D eigenvalue weighted by atomic mass is 9.77. The Morgan fingerprint density at radius 1 is 0.559 bits per heavy atom. The van der Waals surface area contributed by atoms with E-state index in [4.69, 9.17) is 18.7 Å². The van der Waals surface area contributed by atoms with E-state index >= 15 is 0 Å². The van der Waals surface area contributed by atoms with Gasteiger partial charge in [-0.25, -0.2) is 4.99 Å². The van der Waals surface area contributed by atoms with E-state index in [-0.39, 0.29) is 5.92 Å². The number of nitrogens with two attached hydrogens (primary N) is 1. The topological polar surface area (TPSA) is 50.7 Å². The molecule has 334 valence electrons. The van der Waals surface area contributed by atoms with Gasteiger partial charge in [0.25, 0.3) is 0 Å². The summed E-state index contributed by atoms with van der Waals surface area (Å²) in [4.78, 5) is 5.47. The number of rotatable bonds is 8. The van der Waals surface area contributed by atoms with E-state index in [2.05, 4.69) is 199 Å². The van der Waals surface area contributed by atoms with Gasteiger partial charge in [-0.2, -0.15) is 5.10 Å². The van der Waals surface area contributed by atoms with Crippen molar-refractivity contribution in [2.75, 3.05) is 0 Å². The SMILES string of the molecule is [B]c1c(C)c2c(c(C)c1/C(N=C(C1=CCC(c3cccc(-c4cccc(-c5ccccc5)c4C)c3C)C=C1)c1ccc(-c3ccccc3)cc1)=N/N)Cc1c(C)c(C)c(C3=CCCCC3)c(C)c1-2. The molecule has 0 aromatic heterocycles. The smallest absolute Gasteiger partial charge is 0.178 e. The number of hydrazone groups is 1. The third-order valence-electron chi connectivity index (χ3n) is 15.5. The largest absolute Gasteiger partial charge is 0.321 e. The zero-order chi connectivity index (χ0) is 47.2. The van der Waals surface area contributed by atoms with Crippen molar-refractivity contribution in [2.24, 2.45) is 15.9 Å². The average Bonchev–Trinajstić information content (AvgIpc) is 3.79. The van der Waals surface area contributed by atoms with Gasteiger partial charge < -0.3 is 5.84 Å². The van der Waals surface area contributed by atoms with Crippen LogP contribution in [0.5, 0.6) is 0 Å². The van der Waals surface area contributed by atoms with Crippen molar-refractivity contribution in [3.63, 3.8) is 0 Å². The molecule has 0 heterocycles. The second-order valence-electron chi connectivity index (χ2n) is 19.2. The summed E-state index contributed by atoms with van der Waals surface area (Å²) in [5.41, 5.74) is 30.2. The molecule has 0 aliphatic heterocycles. The Morgan fingerprint density at radius 2 is 1.19 bits per heavy atom. The van der Waals surface area contributed by atoms with E-state index in [1.807, 2.05) is 0 Å². The molecule has 3 aliphatic carbocycles. The molecular weight excluding hydrogens is 822 g/mol. The van der Waals surface area contributed by atoms with Crippen LogP contribution in [0.15, 0.2) is 161 Å². The summed E-state index contributed by atoms with van der Waals surface area (Å²) in [5.74, 6) is 7.10. The normalized spacial score (nSPS) is 15.8. The standard InChI is InChI=1S/C64H60BN3/c1-38-39(2)58(49-23-15-10-16-24-49)43(6)59-56(38)37-57-42(5)61(62(65)44(7)60(57)59)64(68-66)67-63(50-33-29-46(30-34-50)45-19-11-8-12-20-45)51-35-31-48(32-36-51)53-26-18-28-55(41(53)4)54-27-17-25-52(40(54)3)47-21-13-9-14-22-47/h8-9,11-14,17-23,25-31,33-36,48H,10,15-16,24,32,37,66H2,1-7H3/b67-63?,68-64-. The first-order valence-corrected chi connectivity index (χ1v) is 24.5. The van der Waals surface area contributed by atoms with Crippen molar-refractivity contribution in [3.8, 4) is 44.5 Å². The van der Waals surface area contributed by atoms with E-state index in [9.17, 15) is 0 Å². The highest BCUT2D eigenvalue weighted by atomic mass is 15.2. The molecule has 0 spiro atoms. The van der Waals surface area contributed by atoms with Gasteiger partial charge in [-0.1, -0.05) is 151 Å². The van der Waals surface area contributed by atoms with Gasteiger partial charge in [0, 0.05) is 17.0 Å². The van der Waals surface area contributed by atoms with Gasteiger partial charge in [0.2, 0.25) is 0 Å². The summed E-state index contributed by atoms with van der Waals surface area (Å²) in [5, 5.41) is 4.48. The van der Waals surface area contributed by atoms with Crippen LogP contribution < -0.4 is 11.3 Å². The number of nitrogens with zero attached hydrogens (tertiary/aromatic N) is 2. The Kier molecular flexibility index (Phi) is 12.2. The highest BCUT2D eigenvalue weighted by Gasteiger charge is 2.32. The quantitative estimate of drug-likeness (QED) is 0.0534. The third kappa shape index (κ3) is 7.84. The van der Waals surface area contributed by atoms with E-state index < -0.39 is 0 Å². The molecule has 0 amide bonds. The van der Waals surface area contributed by atoms with Gasteiger partial charge in [0.05, 0.1) is 5.71 Å². The minimum absolute atomic E-state index is 0.199. The molecule has 1 atom stereocenters. The highest BCUT2D eigenvalue weighted by molar-refractivity contribution is 6.39. The molecule has 3 aliphatic rings. The number of hydrogen-bond acceptors (Lipinski definition) is 2. The van der Waals surface area contributed by atoms with Gasteiger partial charge in [0.1, 0.15) is 7.85 Å². The summed E-state index contributed by atoms with van der Waals surface area (Å²) >= 11 is 0. The molecule has 0 bridgehead atoms. The van der Waals surface area contributed by atoms with E-state index in [0.29, 0.717) is 11.3 Å². The maximum atomic E-state index is 7.32. The Balaban J connectivity index is 1.04. The van der Waals surface area contributed by atoms with E-state index in [1.54, 1.807) is 0 Å². The first-order valence-electron chi connectivity index (χ1n) is 24.5. The average molecular weight is 882 g/mol. The fourth-order valence-corrected chi connectivity index (χ4v) is 11.7. The molecule has 7 aromatic carbocycles. The van der Waals surface area contributed by atoms with Gasteiger partial charge in [-0.15, -0.1) is 0 Å². The minimum atomic E-state index is 0.199. The molecule has 10 rings (SSSR count). The summed E-state index contributed by atoms with van der Waals surface area (Å²) in [7, 11) is 7.32. The van der Waals surface area contributed by atoms with Crippen molar-refractivity contribution >= 4 is 30.4 Å². The molecule has 68 heavy (non-hydrogen) atoms. The zero-order valence-corrected chi connectivity index (χ0v) is 40.7. The Morgan fingerprint density at radius 3 is 1.85 bits per heavy atom. The van der Waals surface area contributed by atoms with Crippen molar-refractivity contribution in [1.82, 2.24) is 0 Å². The first-order chi connectivity index (χ1) is 33.0. The molecule has 4 heteroatoms. The Labute approximate surface area is 405 Å². The number of allylic oxidation sites excluding steroid dienone is 6. The number of aliphatic imine (C=N–C) groups is 1. The fraction of sp³-hybridized carbons (Fsp3) is 0.219. The zero-order valence-electron chi connectivity index (χ0n) is 40.7. The predicted molar refractivity (Wildman–Crippen MR) is 291 cm³/mol. The number of hydrogen-bond donors (Lipinski definition) is 1.